The predicted octanol–water partition coefficient (Wildman–Crippen LogP) is 0.978. The zero-order chi connectivity index (χ0) is 15.1. The Kier molecular flexibility index (Phi) is 5.78. The van der Waals surface area contributed by atoms with Crippen molar-refractivity contribution in [2.75, 3.05) is 40.3 Å². The van der Waals surface area contributed by atoms with E-state index in [-0.39, 0.29) is 5.91 Å². The molecule has 5 heteroatoms. The van der Waals surface area contributed by atoms with E-state index in [1.807, 2.05) is 32.4 Å². The van der Waals surface area contributed by atoms with Crippen molar-refractivity contribution < 1.29 is 4.79 Å². The maximum Gasteiger partial charge on any atom is 0.233 e. The van der Waals surface area contributed by atoms with Crippen LogP contribution in [0.5, 0.6) is 0 Å². The van der Waals surface area contributed by atoms with Crippen LogP contribution in [-0.2, 0) is 11.2 Å². The summed E-state index contributed by atoms with van der Waals surface area (Å²) in [5, 5.41) is 7.31. The summed E-state index contributed by atoms with van der Waals surface area (Å²) >= 11 is 0. The molecule has 114 valence electrons. The second-order valence-electron chi connectivity index (χ2n) is 5.44. The molecule has 3 N–H and O–H groups in total. The number of aromatic nitrogens is 1. The molecule has 0 fully saturated rings. The Bertz CT molecular complexity index is 576. The minimum atomic E-state index is 0.0496. The van der Waals surface area contributed by atoms with Gasteiger partial charge in [-0.15, -0.1) is 0 Å². The summed E-state index contributed by atoms with van der Waals surface area (Å²) in [5.74, 6) is 0.0496. The average Bonchev–Trinajstić information content (AvgIpc) is 2.87. The lowest BCUT2D eigenvalue weighted by molar-refractivity contribution is -0.120. The lowest BCUT2D eigenvalue weighted by Crippen LogP contribution is -2.37. The van der Waals surface area contributed by atoms with Gasteiger partial charge in [-0.05, 0) is 32.1 Å². The number of nitrogens with zero attached hydrogens (tertiary/aromatic N) is 1. The van der Waals surface area contributed by atoms with Crippen LogP contribution >= 0.6 is 0 Å². The molecule has 2 aromatic rings. The van der Waals surface area contributed by atoms with E-state index in [9.17, 15) is 4.79 Å². The first-order valence-corrected chi connectivity index (χ1v) is 7.34. The molecule has 21 heavy (non-hydrogen) atoms. The average molecular weight is 288 g/mol. The number of carbonyl (C=O) groups is 1. The van der Waals surface area contributed by atoms with Crippen LogP contribution in [0.4, 0.5) is 0 Å². The van der Waals surface area contributed by atoms with E-state index in [2.05, 4.69) is 32.7 Å². The molecule has 0 spiro atoms. The Labute approximate surface area is 125 Å². The number of para-hydroxylation sites is 1. The van der Waals surface area contributed by atoms with E-state index >= 15 is 0 Å². The summed E-state index contributed by atoms with van der Waals surface area (Å²) in [4.78, 5) is 17.0. The first-order valence-electron chi connectivity index (χ1n) is 7.34. The molecule has 1 amide bonds. The van der Waals surface area contributed by atoms with Gasteiger partial charge in [-0.25, -0.2) is 0 Å². The Morgan fingerprint density at radius 1 is 1.24 bits per heavy atom. The molecule has 1 aromatic heterocycles. The molecule has 1 aromatic carbocycles. The molecule has 0 saturated heterocycles. The molecular formula is C16H24N4O. The summed E-state index contributed by atoms with van der Waals surface area (Å²) < 4.78 is 0. The third-order valence-corrected chi connectivity index (χ3v) is 3.41. The second kappa shape index (κ2) is 7.81. The first kappa shape index (κ1) is 15.5. The van der Waals surface area contributed by atoms with Gasteiger partial charge in [0.25, 0.3) is 0 Å². The summed E-state index contributed by atoms with van der Waals surface area (Å²) in [6.45, 7) is 2.79. The van der Waals surface area contributed by atoms with Crippen LogP contribution in [0.25, 0.3) is 10.9 Å². The number of aromatic amines is 1. The smallest absolute Gasteiger partial charge is 0.233 e. The molecule has 0 radical (unpaired) electrons. The van der Waals surface area contributed by atoms with Gasteiger partial charge in [-0.1, -0.05) is 18.2 Å². The van der Waals surface area contributed by atoms with Crippen LogP contribution in [0.3, 0.4) is 0 Å². The van der Waals surface area contributed by atoms with Crippen molar-refractivity contribution in [1.29, 1.82) is 0 Å². The van der Waals surface area contributed by atoms with Gasteiger partial charge in [-0.2, -0.15) is 0 Å². The molecule has 2 rings (SSSR count). The van der Waals surface area contributed by atoms with Crippen molar-refractivity contribution in [3.05, 3.63) is 36.0 Å². The summed E-state index contributed by atoms with van der Waals surface area (Å²) in [6, 6.07) is 8.22. The Morgan fingerprint density at radius 2 is 2.05 bits per heavy atom. The molecule has 5 nitrogen and oxygen atoms in total. The second-order valence-corrected chi connectivity index (χ2v) is 5.44. The van der Waals surface area contributed by atoms with Gasteiger partial charge in [0.05, 0.1) is 6.54 Å². The van der Waals surface area contributed by atoms with E-state index in [4.69, 9.17) is 0 Å². The van der Waals surface area contributed by atoms with Crippen LogP contribution in [0, 0.1) is 0 Å². The highest BCUT2D eigenvalue weighted by Crippen LogP contribution is 2.17. The lowest BCUT2D eigenvalue weighted by Gasteiger charge is -2.10. The number of hydrogen-bond donors (Lipinski definition) is 3. The van der Waals surface area contributed by atoms with Crippen molar-refractivity contribution >= 4 is 16.8 Å². The minimum Gasteiger partial charge on any atom is -0.361 e. The maximum absolute atomic E-state index is 11.7. The van der Waals surface area contributed by atoms with E-state index in [1.54, 1.807) is 0 Å². The highest BCUT2D eigenvalue weighted by atomic mass is 16.1. The van der Waals surface area contributed by atoms with Crippen LogP contribution in [0.1, 0.15) is 5.56 Å². The van der Waals surface area contributed by atoms with Gasteiger partial charge in [-0.3, -0.25) is 4.79 Å². The van der Waals surface area contributed by atoms with Gasteiger partial charge in [0.2, 0.25) is 5.91 Å². The number of carbonyl (C=O) groups excluding carboxylic acids is 1. The number of benzene rings is 1. The Morgan fingerprint density at radius 3 is 2.86 bits per heavy atom. The molecule has 0 aliphatic carbocycles. The summed E-state index contributed by atoms with van der Waals surface area (Å²) in [7, 11) is 4.03. The fourth-order valence-corrected chi connectivity index (χ4v) is 2.24. The van der Waals surface area contributed by atoms with Crippen LogP contribution in [0.2, 0.25) is 0 Å². The van der Waals surface area contributed by atoms with Gasteiger partial charge < -0.3 is 20.5 Å². The standard InChI is InChI=1S/C16H24N4O/c1-20(2)10-9-17-12-16(21)18-8-7-13-11-19-15-6-4-3-5-14(13)15/h3-6,11,17,19H,7-10,12H2,1-2H3,(H,18,21). The van der Waals surface area contributed by atoms with Crippen molar-refractivity contribution in [2.45, 2.75) is 6.42 Å². The quantitative estimate of drug-likeness (QED) is 0.635. The largest absolute Gasteiger partial charge is 0.361 e. The van der Waals surface area contributed by atoms with Crippen molar-refractivity contribution in [2.24, 2.45) is 0 Å². The van der Waals surface area contributed by atoms with Gasteiger partial charge >= 0.3 is 0 Å². The van der Waals surface area contributed by atoms with Crippen molar-refractivity contribution in [3.8, 4) is 0 Å². The monoisotopic (exact) mass is 288 g/mol. The van der Waals surface area contributed by atoms with E-state index < -0.39 is 0 Å². The zero-order valence-electron chi connectivity index (χ0n) is 12.8. The molecule has 0 aliphatic rings. The summed E-state index contributed by atoms with van der Waals surface area (Å²) in [6.07, 6.45) is 2.86. The van der Waals surface area contributed by atoms with Crippen molar-refractivity contribution in [1.82, 2.24) is 20.5 Å². The first-order chi connectivity index (χ1) is 10.2. The van der Waals surface area contributed by atoms with Gasteiger partial charge in [0, 0.05) is 36.7 Å². The predicted molar refractivity (Wildman–Crippen MR) is 86.4 cm³/mol. The van der Waals surface area contributed by atoms with Crippen LogP contribution in [0.15, 0.2) is 30.5 Å². The number of amides is 1. The molecular weight excluding hydrogens is 264 g/mol. The molecule has 0 atom stereocenters. The van der Waals surface area contributed by atoms with Crippen LogP contribution < -0.4 is 10.6 Å². The highest BCUT2D eigenvalue weighted by molar-refractivity contribution is 5.83. The molecule has 1 heterocycles. The third-order valence-electron chi connectivity index (χ3n) is 3.41. The summed E-state index contributed by atoms with van der Waals surface area (Å²) in [5.41, 5.74) is 2.38. The minimum absolute atomic E-state index is 0.0496. The topological polar surface area (TPSA) is 60.2 Å². The SMILES string of the molecule is CN(C)CCNCC(=O)NCCc1c[nH]c2ccccc12. The molecule has 0 bridgehead atoms. The fourth-order valence-electron chi connectivity index (χ4n) is 2.24. The highest BCUT2D eigenvalue weighted by Gasteiger charge is 2.04. The molecule has 0 saturated carbocycles. The maximum atomic E-state index is 11.7. The Balaban J connectivity index is 1.68. The third kappa shape index (κ3) is 4.88. The molecule has 0 unspecified atom stereocenters. The number of rotatable bonds is 8. The number of fused-ring (bicyclic) bond motifs is 1. The van der Waals surface area contributed by atoms with Gasteiger partial charge in [0.1, 0.15) is 0 Å². The Hall–Kier alpha value is -1.85. The zero-order valence-corrected chi connectivity index (χ0v) is 12.8. The number of hydrogen-bond acceptors (Lipinski definition) is 3. The number of likely N-dealkylation sites (N-methyl/N-ethyl adjacent to an activating group) is 1. The number of nitrogens with one attached hydrogen (secondary N) is 3. The van der Waals surface area contributed by atoms with E-state index in [0.29, 0.717) is 13.1 Å². The van der Waals surface area contributed by atoms with Crippen LogP contribution in [-0.4, -0.2) is 56.1 Å². The fraction of sp³-hybridized carbons (Fsp3) is 0.438. The number of H-pyrrole nitrogens is 1. The molecule has 0 aliphatic heterocycles. The van der Waals surface area contributed by atoms with Crippen molar-refractivity contribution in [3.63, 3.8) is 0 Å². The lowest BCUT2D eigenvalue weighted by atomic mass is 10.1. The van der Waals surface area contributed by atoms with Gasteiger partial charge in [0.15, 0.2) is 0 Å². The normalized spacial score (nSPS) is 11.2. The van der Waals surface area contributed by atoms with E-state index in [1.165, 1.54) is 10.9 Å². The van der Waals surface area contributed by atoms with E-state index in [0.717, 1.165) is 25.0 Å².